The molecule has 0 saturated carbocycles. The van der Waals surface area contributed by atoms with Gasteiger partial charge in [-0.25, -0.2) is 0 Å². The second-order valence-corrected chi connectivity index (χ2v) is 10.7. The second kappa shape index (κ2) is 12.9. The summed E-state index contributed by atoms with van der Waals surface area (Å²) in [4.78, 5) is 14.2. The van der Waals surface area contributed by atoms with Crippen LogP contribution in [-0.2, 0) is 19.4 Å². The van der Waals surface area contributed by atoms with Crippen LogP contribution in [0.1, 0.15) is 33.7 Å². The number of thiazole rings is 1. The van der Waals surface area contributed by atoms with Crippen molar-refractivity contribution in [1.29, 1.82) is 0 Å². The van der Waals surface area contributed by atoms with Crippen LogP contribution in [0, 0.1) is 0 Å². The summed E-state index contributed by atoms with van der Waals surface area (Å²) in [7, 11) is 0. The van der Waals surface area contributed by atoms with Gasteiger partial charge in [0.15, 0.2) is 0 Å². The van der Waals surface area contributed by atoms with E-state index in [1.165, 1.54) is 22.3 Å². The number of phenols is 1. The van der Waals surface area contributed by atoms with Gasteiger partial charge in [0.25, 0.3) is 0 Å². The lowest BCUT2D eigenvalue weighted by Crippen LogP contribution is -2.32. The highest BCUT2D eigenvalue weighted by molar-refractivity contribution is 7.16. The fraction of sp³-hybridized carbons (Fsp3) is 0.219. The molecule has 5 aromatic rings. The van der Waals surface area contributed by atoms with Gasteiger partial charge in [0, 0.05) is 32.0 Å². The van der Waals surface area contributed by atoms with E-state index < -0.39 is 6.23 Å². The van der Waals surface area contributed by atoms with Gasteiger partial charge in [0.05, 0.1) is 4.70 Å². The van der Waals surface area contributed by atoms with E-state index in [0.29, 0.717) is 23.2 Å². The number of phenolic OH excluding ortho intramolecular Hbond substituents is 1. The number of H-pyrrole nitrogens is 1. The van der Waals surface area contributed by atoms with Crippen molar-refractivity contribution in [3.05, 3.63) is 135 Å². The third-order valence-corrected chi connectivity index (χ3v) is 7.88. The summed E-state index contributed by atoms with van der Waals surface area (Å²) in [5.74, 6) is 0.322. The molecule has 0 fully saturated rings. The van der Waals surface area contributed by atoms with E-state index in [2.05, 4.69) is 101 Å². The van der Waals surface area contributed by atoms with E-state index in [9.17, 15) is 15.0 Å². The number of hydrogen-bond donors (Lipinski definition) is 5. The Labute approximate surface area is 232 Å². The van der Waals surface area contributed by atoms with Gasteiger partial charge < -0.3 is 20.5 Å². The molecular weight excluding hydrogens is 506 g/mol. The van der Waals surface area contributed by atoms with Crippen LogP contribution in [0.3, 0.4) is 0 Å². The SMILES string of the molecule is O=c1[nH]c2c(O)ccc(CC(O)NCCc3cccc(CNCC(c4ccccc4)c4ccccc4)c3)c2s1. The molecule has 6 nitrogen and oxygen atoms in total. The lowest BCUT2D eigenvalue weighted by molar-refractivity contribution is 0.138. The fourth-order valence-electron chi connectivity index (χ4n) is 4.95. The average molecular weight is 540 g/mol. The van der Waals surface area contributed by atoms with Crippen LogP contribution >= 0.6 is 11.3 Å². The maximum atomic E-state index is 11.7. The fourth-order valence-corrected chi connectivity index (χ4v) is 5.83. The van der Waals surface area contributed by atoms with E-state index in [1.54, 1.807) is 12.1 Å². The largest absolute Gasteiger partial charge is 0.506 e. The predicted octanol–water partition coefficient (Wildman–Crippen LogP) is 4.91. The lowest BCUT2D eigenvalue weighted by Gasteiger charge is -2.19. The highest BCUT2D eigenvalue weighted by atomic mass is 32.1. The van der Waals surface area contributed by atoms with E-state index in [1.807, 2.05) is 0 Å². The Morgan fingerprint density at radius 2 is 1.54 bits per heavy atom. The first-order chi connectivity index (χ1) is 19.1. The maximum absolute atomic E-state index is 11.7. The molecule has 0 radical (unpaired) electrons. The second-order valence-electron chi connectivity index (χ2n) is 9.71. The summed E-state index contributed by atoms with van der Waals surface area (Å²) >= 11 is 1.05. The molecule has 1 aromatic heterocycles. The zero-order chi connectivity index (χ0) is 27.0. The van der Waals surface area contributed by atoms with Crippen LogP contribution in [0.2, 0.25) is 0 Å². The molecule has 0 saturated heterocycles. The summed E-state index contributed by atoms with van der Waals surface area (Å²) < 4.78 is 0.683. The summed E-state index contributed by atoms with van der Waals surface area (Å²) in [5, 5.41) is 27.4. The number of nitrogens with one attached hydrogen (secondary N) is 3. The quantitative estimate of drug-likeness (QED) is 0.145. The van der Waals surface area contributed by atoms with Gasteiger partial charge in [-0.1, -0.05) is 102 Å². The topological polar surface area (TPSA) is 97.4 Å². The first-order valence-electron chi connectivity index (χ1n) is 13.2. The molecule has 0 bridgehead atoms. The van der Waals surface area contributed by atoms with Gasteiger partial charge in [-0.3, -0.25) is 10.1 Å². The molecule has 7 heteroatoms. The maximum Gasteiger partial charge on any atom is 0.305 e. The van der Waals surface area contributed by atoms with Gasteiger partial charge in [-0.2, -0.15) is 0 Å². The smallest absolute Gasteiger partial charge is 0.305 e. The van der Waals surface area contributed by atoms with Gasteiger partial charge in [-0.05, 0) is 40.3 Å². The number of aromatic amines is 1. The number of aromatic nitrogens is 1. The molecule has 0 spiro atoms. The molecule has 0 aliphatic carbocycles. The Bertz CT molecular complexity index is 1510. The normalized spacial score (nSPS) is 12.3. The molecule has 0 aliphatic heterocycles. The first-order valence-corrected chi connectivity index (χ1v) is 14.0. The zero-order valence-electron chi connectivity index (χ0n) is 21.6. The molecule has 4 aromatic carbocycles. The highest BCUT2D eigenvalue weighted by Gasteiger charge is 2.14. The number of benzene rings is 4. The minimum atomic E-state index is -0.757. The summed E-state index contributed by atoms with van der Waals surface area (Å²) in [6.45, 7) is 2.23. The number of aliphatic hydroxyl groups is 1. The van der Waals surface area contributed by atoms with Crippen LogP contribution in [0.25, 0.3) is 10.2 Å². The van der Waals surface area contributed by atoms with Crippen molar-refractivity contribution in [2.45, 2.75) is 31.5 Å². The van der Waals surface area contributed by atoms with Gasteiger partial charge >= 0.3 is 4.87 Å². The lowest BCUT2D eigenvalue weighted by atomic mass is 9.91. The molecular formula is C32H33N3O3S. The minimum absolute atomic E-state index is 0.0413. The van der Waals surface area contributed by atoms with Crippen molar-refractivity contribution >= 4 is 21.6 Å². The number of aromatic hydroxyl groups is 1. The molecule has 200 valence electrons. The molecule has 39 heavy (non-hydrogen) atoms. The zero-order valence-corrected chi connectivity index (χ0v) is 22.5. The first kappa shape index (κ1) is 26.8. The van der Waals surface area contributed by atoms with E-state index in [0.717, 1.165) is 36.4 Å². The van der Waals surface area contributed by atoms with Gasteiger partial charge in [-0.15, -0.1) is 0 Å². The van der Waals surface area contributed by atoms with E-state index in [4.69, 9.17) is 0 Å². The highest BCUT2D eigenvalue weighted by Crippen LogP contribution is 2.28. The Morgan fingerprint density at radius 3 is 2.26 bits per heavy atom. The Kier molecular flexibility index (Phi) is 8.85. The molecule has 5 N–H and O–H groups in total. The van der Waals surface area contributed by atoms with Crippen LogP contribution in [0.15, 0.2) is 102 Å². The Hall–Kier alpha value is -3.75. The van der Waals surface area contributed by atoms with E-state index in [-0.39, 0.29) is 16.5 Å². The molecule has 0 aliphatic rings. The van der Waals surface area contributed by atoms with Crippen LogP contribution in [-0.4, -0.2) is 34.5 Å². The number of aliphatic hydroxyl groups excluding tert-OH is 1. The third-order valence-electron chi connectivity index (χ3n) is 6.92. The van der Waals surface area contributed by atoms with E-state index >= 15 is 0 Å². The summed E-state index contributed by atoms with van der Waals surface area (Å²) in [6, 6.07) is 33.0. The van der Waals surface area contributed by atoms with Crippen LogP contribution < -0.4 is 15.5 Å². The number of hydrogen-bond acceptors (Lipinski definition) is 6. The Morgan fingerprint density at radius 1 is 0.846 bits per heavy atom. The molecule has 0 amide bonds. The monoisotopic (exact) mass is 539 g/mol. The van der Waals surface area contributed by atoms with Crippen molar-refractivity contribution < 1.29 is 10.2 Å². The summed E-state index contributed by atoms with van der Waals surface area (Å²) in [5.41, 5.74) is 6.28. The van der Waals surface area contributed by atoms with Gasteiger partial charge in [0.2, 0.25) is 0 Å². The predicted molar refractivity (Wildman–Crippen MR) is 158 cm³/mol. The standard InChI is InChI=1S/C32H33N3O3S/c36-28-15-14-26(31-30(28)35-32(38)39-31)19-29(37)34-17-16-22-8-7-9-23(18-22)20-33-21-27(24-10-3-1-4-11-24)25-12-5-2-6-13-25/h1-15,18,27,29,33-34,36-37H,16-17,19-21H2,(H,35,38). The van der Waals surface area contributed by atoms with Crippen LogP contribution in [0.5, 0.6) is 5.75 Å². The van der Waals surface area contributed by atoms with Crippen molar-refractivity contribution in [1.82, 2.24) is 15.6 Å². The molecule has 1 unspecified atom stereocenters. The third kappa shape index (κ3) is 7.02. The van der Waals surface area contributed by atoms with Crippen LogP contribution in [0.4, 0.5) is 0 Å². The molecule has 5 rings (SSSR count). The molecule has 1 heterocycles. The minimum Gasteiger partial charge on any atom is -0.506 e. The Balaban J connectivity index is 1.13. The van der Waals surface area contributed by atoms with Crippen molar-refractivity contribution in [2.24, 2.45) is 0 Å². The van der Waals surface area contributed by atoms with Crippen molar-refractivity contribution in [3.8, 4) is 5.75 Å². The van der Waals surface area contributed by atoms with Crippen molar-refractivity contribution in [2.75, 3.05) is 13.1 Å². The van der Waals surface area contributed by atoms with Crippen molar-refractivity contribution in [3.63, 3.8) is 0 Å². The number of fused-ring (bicyclic) bond motifs is 1. The molecule has 1 atom stereocenters. The average Bonchev–Trinajstić information content (AvgIpc) is 3.36. The van der Waals surface area contributed by atoms with Gasteiger partial charge in [0.1, 0.15) is 17.5 Å². The number of rotatable bonds is 12. The summed E-state index contributed by atoms with van der Waals surface area (Å²) in [6.07, 6.45) is 0.371.